The highest BCUT2D eigenvalue weighted by atomic mass is 35.5. The summed E-state index contributed by atoms with van der Waals surface area (Å²) in [6.45, 7) is 9.62. The number of aryl methyl sites for hydroxylation is 1. The van der Waals surface area contributed by atoms with Gasteiger partial charge in [-0.05, 0) is 55.5 Å². The lowest BCUT2D eigenvalue weighted by Crippen LogP contribution is -2.60. The van der Waals surface area contributed by atoms with Gasteiger partial charge < -0.3 is 20.1 Å². The van der Waals surface area contributed by atoms with Crippen LogP contribution in [0.25, 0.3) is 10.9 Å². The van der Waals surface area contributed by atoms with Gasteiger partial charge in [-0.1, -0.05) is 56.6 Å². The molecule has 42 heavy (non-hydrogen) atoms. The van der Waals surface area contributed by atoms with Crippen molar-refractivity contribution in [1.29, 1.82) is 0 Å². The average molecular weight is 614 g/mol. The molecule has 3 aromatic rings. The number of fused-ring (bicyclic) bond motifs is 3. The monoisotopic (exact) mass is 613 g/mol. The summed E-state index contributed by atoms with van der Waals surface area (Å²) in [4.78, 5) is 46.8. The molecule has 10 nitrogen and oxygen atoms in total. The number of carbonyl (C=O) groups excluding carboxylic acids is 3. The number of rotatable bonds is 7. The number of hydrogen-bond acceptors (Lipinski definition) is 5. The minimum Gasteiger partial charge on any atom is -0.351 e. The lowest BCUT2D eigenvalue weighted by Gasteiger charge is -2.39. The van der Waals surface area contributed by atoms with Crippen molar-refractivity contribution in [1.82, 2.24) is 24.8 Å². The van der Waals surface area contributed by atoms with E-state index in [0.29, 0.717) is 25.2 Å². The first kappa shape index (κ1) is 30.1. The van der Waals surface area contributed by atoms with Crippen LogP contribution in [0.4, 0.5) is 0 Å². The molecule has 0 saturated carbocycles. The van der Waals surface area contributed by atoms with E-state index in [1.165, 1.54) is 13.0 Å². The van der Waals surface area contributed by atoms with Crippen LogP contribution in [0, 0.1) is 12.3 Å². The molecule has 4 atom stereocenters. The number of benzene rings is 2. The summed E-state index contributed by atoms with van der Waals surface area (Å²) in [5.74, 6) is -0.925. The molecule has 2 fully saturated rings. The second-order valence-corrected chi connectivity index (χ2v) is 14.4. The fraction of sp³-hybridized carbons (Fsp3) is 0.433. The van der Waals surface area contributed by atoms with Crippen molar-refractivity contribution in [2.45, 2.75) is 70.1 Å². The average Bonchev–Trinajstić information content (AvgIpc) is 3.64. The number of para-hydroxylation sites is 1. The summed E-state index contributed by atoms with van der Waals surface area (Å²) in [5, 5.41) is 3.93. The number of aromatic nitrogens is 1. The third-order valence-electron chi connectivity index (χ3n) is 8.05. The normalized spacial score (nSPS) is 20.1. The second-order valence-electron chi connectivity index (χ2n) is 12.3. The first-order valence-electron chi connectivity index (χ1n) is 13.9. The first-order valence-corrected chi connectivity index (χ1v) is 15.8. The molecule has 2 saturated heterocycles. The number of halogens is 1. The van der Waals surface area contributed by atoms with E-state index in [1.54, 1.807) is 34.9 Å². The predicted molar refractivity (Wildman–Crippen MR) is 161 cm³/mol. The Bertz CT molecular complexity index is 1630. The van der Waals surface area contributed by atoms with Crippen LogP contribution in [0.5, 0.6) is 0 Å². The highest BCUT2D eigenvalue weighted by Crippen LogP contribution is 2.34. The molecule has 12 heteroatoms. The molecule has 0 unspecified atom stereocenters. The second kappa shape index (κ2) is 11.0. The minimum atomic E-state index is -4.03. The van der Waals surface area contributed by atoms with Gasteiger partial charge in [0.05, 0.1) is 23.1 Å². The molecule has 1 aromatic heterocycles. The SMILES string of the molecule is Cc1ccc(S(=O)(=O)N[C@@H](C)C(=O)N2C[C@@H]3C[C@H]2CN3C(=O)[C@@H](NC(=O)c2cc3ccccc3[nH]2)C(C)(C)C)c(Cl)c1. The van der Waals surface area contributed by atoms with Gasteiger partial charge in [-0.2, -0.15) is 4.72 Å². The quantitative estimate of drug-likeness (QED) is 0.376. The molecule has 3 N–H and O–H groups in total. The van der Waals surface area contributed by atoms with E-state index in [4.69, 9.17) is 11.6 Å². The van der Waals surface area contributed by atoms with Crippen LogP contribution < -0.4 is 10.0 Å². The van der Waals surface area contributed by atoms with Crippen LogP contribution in [0.1, 0.15) is 50.2 Å². The third kappa shape index (κ3) is 5.77. The van der Waals surface area contributed by atoms with Gasteiger partial charge in [-0.25, -0.2) is 8.42 Å². The molecule has 2 bridgehead atoms. The van der Waals surface area contributed by atoms with Crippen LogP contribution in [0.3, 0.4) is 0 Å². The number of H-pyrrole nitrogens is 1. The number of piperazine rings is 1. The Labute approximate surface area is 250 Å². The lowest BCUT2D eigenvalue weighted by atomic mass is 9.85. The molecule has 5 rings (SSSR count). The molecule has 224 valence electrons. The largest absolute Gasteiger partial charge is 0.351 e. The van der Waals surface area contributed by atoms with E-state index < -0.39 is 27.5 Å². The number of carbonyl (C=O) groups is 3. The summed E-state index contributed by atoms with van der Waals surface area (Å²) in [6.07, 6.45) is 0.591. The standard InChI is InChI=1S/C30H36ClN5O5S/c1-17-10-11-25(22(31)12-17)42(40,41)34-18(2)28(38)35-15-21-14-20(35)16-36(21)29(39)26(30(3,4)5)33-27(37)24-13-19-8-6-7-9-23(19)32-24/h6-13,18,20-21,26,32,34H,14-16H2,1-5H3,(H,33,37)/t18-,20-,21-,26+/m0/s1. The van der Waals surface area contributed by atoms with Gasteiger partial charge in [0.2, 0.25) is 21.8 Å². The first-order chi connectivity index (χ1) is 19.7. The molecule has 0 aliphatic carbocycles. The Kier molecular flexibility index (Phi) is 7.88. The van der Waals surface area contributed by atoms with Crippen molar-refractivity contribution in [3.05, 3.63) is 64.8 Å². The Morgan fingerprint density at radius 3 is 2.24 bits per heavy atom. The van der Waals surface area contributed by atoms with E-state index in [0.717, 1.165) is 16.5 Å². The number of nitrogens with one attached hydrogen (secondary N) is 3. The van der Waals surface area contributed by atoms with E-state index >= 15 is 0 Å². The Balaban J connectivity index is 1.24. The van der Waals surface area contributed by atoms with Crippen molar-refractivity contribution in [3.63, 3.8) is 0 Å². The molecule has 3 heterocycles. The van der Waals surface area contributed by atoms with Gasteiger partial charge in [-0.3, -0.25) is 14.4 Å². The Morgan fingerprint density at radius 1 is 1.00 bits per heavy atom. The van der Waals surface area contributed by atoms with Gasteiger partial charge in [0.1, 0.15) is 16.6 Å². The van der Waals surface area contributed by atoms with Gasteiger partial charge >= 0.3 is 0 Å². The van der Waals surface area contributed by atoms with Crippen LogP contribution in [0.2, 0.25) is 5.02 Å². The molecular weight excluding hydrogens is 578 g/mol. The maximum atomic E-state index is 13.8. The van der Waals surface area contributed by atoms with E-state index in [-0.39, 0.29) is 39.7 Å². The number of sulfonamides is 1. The fourth-order valence-electron chi connectivity index (χ4n) is 5.85. The third-order valence-corrected chi connectivity index (χ3v) is 10.1. The molecule has 2 aromatic carbocycles. The Hall–Kier alpha value is -3.41. The summed E-state index contributed by atoms with van der Waals surface area (Å²) in [7, 11) is -4.03. The number of nitrogens with zero attached hydrogens (tertiary/aromatic N) is 2. The molecule has 0 radical (unpaired) electrons. The van der Waals surface area contributed by atoms with Gasteiger partial charge in [-0.15, -0.1) is 0 Å². The number of aromatic amines is 1. The van der Waals surface area contributed by atoms with Crippen molar-refractivity contribution in [2.24, 2.45) is 5.41 Å². The van der Waals surface area contributed by atoms with E-state index in [9.17, 15) is 22.8 Å². The zero-order valence-electron chi connectivity index (χ0n) is 24.3. The van der Waals surface area contributed by atoms with Crippen LogP contribution >= 0.6 is 11.6 Å². The van der Waals surface area contributed by atoms with Gasteiger partial charge in [0.25, 0.3) is 5.91 Å². The van der Waals surface area contributed by atoms with Crippen molar-refractivity contribution < 1.29 is 22.8 Å². The summed E-state index contributed by atoms with van der Waals surface area (Å²) in [5.41, 5.74) is 1.46. The van der Waals surface area contributed by atoms with Crippen LogP contribution in [-0.4, -0.2) is 78.2 Å². The van der Waals surface area contributed by atoms with Gasteiger partial charge in [0.15, 0.2) is 0 Å². The zero-order chi connectivity index (χ0) is 30.6. The topological polar surface area (TPSA) is 132 Å². The number of amides is 3. The van der Waals surface area contributed by atoms with Crippen LogP contribution in [0.15, 0.2) is 53.4 Å². The zero-order valence-corrected chi connectivity index (χ0v) is 25.8. The predicted octanol–water partition coefficient (Wildman–Crippen LogP) is 3.45. The van der Waals surface area contributed by atoms with Gasteiger partial charge in [0, 0.05) is 24.0 Å². The Morgan fingerprint density at radius 2 is 1.64 bits per heavy atom. The molecule has 2 aliphatic heterocycles. The summed E-state index contributed by atoms with van der Waals surface area (Å²) >= 11 is 6.16. The van der Waals surface area contributed by atoms with Crippen molar-refractivity contribution in [2.75, 3.05) is 13.1 Å². The molecule has 3 amide bonds. The molecular formula is C30H36ClN5O5S. The number of hydrogen-bond donors (Lipinski definition) is 3. The van der Waals surface area contributed by atoms with E-state index in [2.05, 4.69) is 15.0 Å². The summed E-state index contributed by atoms with van der Waals surface area (Å²) < 4.78 is 28.4. The maximum absolute atomic E-state index is 13.8. The van der Waals surface area contributed by atoms with Crippen LogP contribution in [-0.2, 0) is 19.6 Å². The molecule has 0 spiro atoms. The van der Waals surface area contributed by atoms with Crippen molar-refractivity contribution >= 4 is 50.2 Å². The maximum Gasteiger partial charge on any atom is 0.268 e. The highest BCUT2D eigenvalue weighted by Gasteiger charge is 2.50. The van der Waals surface area contributed by atoms with E-state index in [1.807, 2.05) is 45.0 Å². The summed E-state index contributed by atoms with van der Waals surface area (Å²) in [6, 6.07) is 11.7. The smallest absolute Gasteiger partial charge is 0.268 e. The van der Waals surface area contributed by atoms with Crippen molar-refractivity contribution in [3.8, 4) is 0 Å². The fourth-order valence-corrected chi connectivity index (χ4v) is 7.64. The molecule has 2 aliphatic rings. The lowest BCUT2D eigenvalue weighted by molar-refractivity contribution is -0.143. The minimum absolute atomic E-state index is 0.0848. The highest BCUT2D eigenvalue weighted by molar-refractivity contribution is 7.89. The number of likely N-dealkylation sites (tertiary alicyclic amines) is 2.